The van der Waals surface area contributed by atoms with E-state index in [0.717, 1.165) is 0 Å². The molecule has 1 aliphatic rings. The molecule has 1 saturated heterocycles. The molecule has 0 saturated carbocycles. The highest BCUT2D eigenvalue weighted by Gasteiger charge is 2.32. The summed E-state index contributed by atoms with van der Waals surface area (Å²) >= 11 is 0. The number of pyridine rings is 1. The molecule has 8 heteroatoms. The zero-order valence-corrected chi connectivity index (χ0v) is 15.0. The van der Waals surface area contributed by atoms with Crippen molar-refractivity contribution < 1.29 is 9.72 Å². The van der Waals surface area contributed by atoms with Gasteiger partial charge in [0.1, 0.15) is 5.65 Å². The molecule has 3 heterocycles. The molecular weight excluding hydrogens is 360 g/mol. The maximum atomic E-state index is 12.7. The Hall–Kier alpha value is -3.55. The second-order valence-corrected chi connectivity index (χ2v) is 6.77. The van der Waals surface area contributed by atoms with Crippen molar-refractivity contribution in [3.8, 4) is 0 Å². The molecule has 28 heavy (non-hydrogen) atoms. The monoisotopic (exact) mass is 378 g/mol. The fourth-order valence-electron chi connectivity index (χ4n) is 3.64. The van der Waals surface area contributed by atoms with Crippen molar-refractivity contribution >= 4 is 22.9 Å². The van der Waals surface area contributed by atoms with Gasteiger partial charge in [0.2, 0.25) is 5.82 Å². The third-order valence-electron chi connectivity index (χ3n) is 5.10. The SMILES string of the molecule is O=C(c1ccccc1)C1CCN(c2nc3ccccn3c(=O)c2[N+](=O)[O-])CC1. The molecule has 0 unspecified atom stereocenters. The molecule has 0 bridgehead atoms. The number of piperidine rings is 1. The highest BCUT2D eigenvalue weighted by molar-refractivity contribution is 5.98. The first kappa shape index (κ1) is 17.8. The van der Waals surface area contributed by atoms with Crippen LogP contribution in [0.4, 0.5) is 11.5 Å². The number of hydrogen-bond acceptors (Lipinski definition) is 6. The Morgan fingerprint density at radius 3 is 2.43 bits per heavy atom. The highest BCUT2D eigenvalue weighted by atomic mass is 16.6. The lowest BCUT2D eigenvalue weighted by molar-refractivity contribution is -0.385. The minimum atomic E-state index is -0.701. The van der Waals surface area contributed by atoms with E-state index < -0.39 is 16.2 Å². The van der Waals surface area contributed by atoms with E-state index in [-0.39, 0.29) is 17.5 Å². The van der Waals surface area contributed by atoms with Gasteiger partial charge in [0.15, 0.2) is 5.78 Å². The molecule has 142 valence electrons. The number of benzene rings is 1. The minimum absolute atomic E-state index is 0.0758. The first-order valence-corrected chi connectivity index (χ1v) is 9.06. The Bertz CT molecular complexity index is 1100. The van der Waals surface area contributed by atoms with E-state index in [4.69, 9.17) is 0 Å². The minimum Gasteiger partial charge on any atom is -0.351 e. The summed E-state index contributed by atoms with van der Waals surface area (Å²) in [5, 5.41) is 11.6. The van der Waals surface area contributed by atoms with E-state index in [9.17, 15) is 19.7 Å². The van der Waals surface area contributed by atoms with Gasteiger partial charge in [-0.05, 0) is 25.0 Å². The Kier molecular flexibility index (Phi) is 4.60. The van der Waals surface area contributed by atoms with Crippen molar-refractivity contribution in [1.29, 1.82) is 0 Å². The molecule has 0 spiro atoms. The number of anilines is 1. The Balaban J connectivity index is 1.62. The summed E-state index contributed by atoms with van der Waals surface area (Å²) in [6.45, 7) is 0.860. The predicted octanol–water partition coefficient (Wildman–Crippen LogP) is 2.70. The van der Waals surface area contributed by atoms with Gasteiger partial charge in [0, 0.05) is 30.8 Å². The van der Waals surface area contributed by atoms with E-state index in [1.54, 1.807) is 35.2 Å². The number of aromatic nitrogens is 2. The molecular formula is C20H18N4O4. The lowest BCUT2D eigenvalue weighted by atomic mass is 9.89. The number of nitro groups is 1. The van der Waals surface area contributed by atoms with Gasteiger partial charge in [-0.1, -0.05) is 36.4 Å². The summed E-state index contributed by atoms with van der Waals surface area (Å²) in [5.74, 6) is 0.0207. The van der Waals surface area contributed by atoms with Crippen LogP contribution in [0, 0.1) is 16.0 Å². The van der Waals surface area contributed by atoms with Gasteiger partial charge >= 0.3 is 11.2 Å². The number of fused-ring (bicyclic) bond motifs is 1. The van der Waals surface area contributed by atoms with Gasteiger partial charge < -0.3 is 4.90 Å². The van der Waals surface area contributed by atoms with Crippen molar-refractivity contribution in [3.05, 3.63) is 80.8 Å². The first-order chi connectivity index (χ1) is 13.6. The number of rotatable bonds is 4. The molecule has 0 atom stereocenters. The molecule has 1 aliphatic heterocycles. The predicted molar refractivity (Wildman–Crippen MR) is 104 cm³/mol. The number of carbonyl (C=O) groups excluding carboxylic acids is 1. The van der Waals surface area contributed by atoms with Gasteiger partial charge in [-0.15, -0.1) is 0 Å². The van der Waals surface area contributed by atoms with Crippen LogP contribution in [0.1, 0.15) is 23.2 Å². The summed E-state index contributed by atoms with van der Waals surface area (Å²) in [5.41, 5.74) is -0.200. The van der Waals surface area contributed by atoms with Crippen LogP contribution in [-0.4, -0.2) is 33.2 Å². The molecule has 1 fully saturated rings. The van der Waals surface area contributed by atoms with Crippen molar-refractivity contribution in [2.45, 2.75) is 12.8 Å². The fourth-order valence-corrected chi connectivity index (χ4v) is 3.64. The Labute approximate surface area is 160 Å². The zero-order chi connectivity index (χ0) is 19.7. The maximum absolute atomic E-state index is 12.7. The maximum Gasteiger partial charge on any atom is 0.376 e. The van der Waals surface area contributed by atoms with Crippen molar-refractivity contribution in [2.24, 2.45) is 5.92 Å². The van der Waals surface area contributed by atoms with Crippen LogP contribution in [0.2, 0.25) is 0 Å². The number of ketones is 1. The third-order valence-corrected chi connectivity index (χ3v) is 5.10. The second-order valence-electron chi connectivity index (χ2n) is 6.77. The molecule has 0 N–H and O–H groups in total. The number of Topliss-reactive ketones (excluding diaryl/α,β-unsaturated/α-hetero) is 1. The van der Waals surface area contributed by atoms with E-state index in [1.165, 1.54) is 10.6 Å². The molecule has 1 aromatic carbocycles. The summed E-state index contributed by atoms with van der Waals surface area (Å²) in [6.07, 6.45) is 2.58. The van der Waals surface area contributed by atoms with Crippen molar-refractivity contribution in [1.82, 2.24) is 9.38 Å². The molecule has 0 amide bonds. The molecule has 8 nitrogen and oxygen atoms in total. The molecule has 0 aliphatic carbocycles. The van der Waals surface area contributed by atoms with Crippen LogP contribution in [0.15, 0.2) is 59.5 Å². The van der Waals surface area contributed by atoms with Gasteiger partial charge in [0.05, 0.1) is 4.92 Å². The largest absolute Gasteiger partial charge is 0.376 e. The summed E-state index contributed by atoms with van der Waals surface area (Å²) in [6, 6.07) is 14.1. The van der Waals surface area contributed by atoms with Crippen LogP contribution >= 0.6 is 0 Å². The second kappa shape index (κ2) is 7.22. The quantitative estimate of drug-likeness (QED) is 0.393. The van der Waals surface area contributed by atoms with Crippen LogP contribution in [-0.2, 0) is 0 Å². The third kappa shape index (κ3) is 3.13. The van der Waals surface area contributed by atoms with E-state index in [0.29, 0.717) is 37.1 Å². The molecule has 2 aromatic heterocycles. The highest BCUT2D eigenvalue weighted by Crippen LogP contribution is 2.29. The van der Waals surface area contributed by atoms with Crippen molar-refractivity contribution in [2.75, 3.05) is 18.0 Å². The summed E-state index contributed by atoms with van der Waals surface area (Å²) < 4.78 is 1.17. The normalized spacial score (nSPS) is 14.9. The topological polar surface area (TPSA) is 97.8 Å². The van der Waals surface area contributed by atoms with Crippen molar-refractivity contribution in [3.63, 3.8) is 0 Å². The van der Waals surface area contributed by atoms with Crippen LogP contribution in [0.5, 0.6) is 0 Å². The number of hydrogen-bond donors (Lipinski definition) is 0. The number of nitrogens with zero attached hydrogens (tertiary/aromatic N) is 4. The Morgan fingerprint density at radius 1 is 1.07 bits per heavy atom. The van der Waals surface area contributed by atoms with Crippen LogP contribution in [0.25, 0.3) is 5.65 Å². The standard InChI is InChI=1S/C20H18N4O4/c25-18(14-6-2-1-3-7-14)15-9-12-22(13-10-15)19-17(24(27)28)20(26)23-11-5-4-8-16(23)21-19/h1-8,11,15H,9-10,12-13H2. The van der Waals surface area contributed by atoms with Crippen LogP contribution < -0.4 is 10.5 Å². The van der Waals surface area contributed by atoms with E-state index in [2.05, 4.69) is 4.98 Å². The lowest BCUT2D eigenvalue weighted by Crippen LogP contribution is -2.38. The first-order valence-electron chi connectivity index (χ1n) is 9.06. The fraction of sp³-hybridized carbons (Fsp3) is 0.250. The van der Waals surface area contributed by atoms with E-state index in [1.807, 2.05) is 18.2 Å². The lowest BCUT2D eigenvalue weighted by Gasteiger charge is -2.31. The molecule has 0 radical (unpaired) electrons. The van der Waals surface area contributed by atoms with Gasteiger partial charge in [-0.25, -0.2) is 4.98 Å². The molecule has 4 rings (SSSR count). The number of carbonyl (C=O) groups is 1. The Morgan fingerprint density at radius 2 is 1.75 bits per heavy atom. The average Bonchev–Trinajstić information content (AvgIpc) is 2.73. The smallest absolute Gasteiger partial charge is 0.351 e. The summed E-state index contributed by atoms with van der Waals surface area (Å²) in [7, 11) is 0. The van der Waals surface area contributed by atoms with Gasteiger partial charge in [-0.2, -0.15) is 0 Å². The average molecular weight is 378 g/mol. The van der Waals surface area contributed by atoms with E-state index >= 15 is 0 Å². The summed E-state index contributed by atoms with van der Waals surface area (Å²) in [4.78, 5) is 42.2. The van der Waals surface area contributed by atoms with Crippen LogP contribution in [0.3, 0.4) is 0 Å². The molecule has 3 aromatic rings. The van der Waals surface area contributed by atoms with Gasteiger partial charge in [0.25, 0.3) is 0 Å². The van der Waals surface area contributed by atoms with Gasteiger partial charge in [-0.3, -0.25) is 24.1 Å². The zero-order valence-electron chi connectivity index (χ0n) is 15.0.